The number of hydrogen-bond donors (Lipinski definition) is 5. The van der Waals surface area contributed by atoms with Crippen LogP contribution in [0.15, 0.2) is 158 Å². The molecular weight excluding hydrogens is 1470 g/mol. The number of nitrogens with zero attached hydrogens (tertiary/aromatic N) is 1. The second-order valence-electron chi connectivity index (χ2n) is 26.8. The number of non-ortho nitro benzene ring substituents is 1. The zero-order chi connectivity index (χ0) is 81.7. The van der Waals surface area contributed by atoms with Gasteiger partial charge in [-0.2, -0.15) is 0 Å². The Morgan fingerprint density at radius 1 is 0.496 bits per heavy atom. The van der Waals surface area contributed by atoms with E-state index in [9.17, 15) is 68.0 Å². The van der Waals surface area contributed by atoms with Crippen LogP contribution in [0, 0.1) is 22.0 Å². The number of aliphatic hydroxyl groups is 1. The van der Waals surface area contributed by atoms with Gasteiger partial charge in [0.2, 0.25) is 30.7 Å². The molecule has 7 aromatic rings. The van der Waals surface area contributed by atoms with E-state index < -0.39 is 120 Å². The molecule has 596 valence electrons. The number of nitro benzene ring substituents is 1. The number of carbonyl (C=O) groups excluding carboxylic acids is 11. The number of Topliss-reactive ketones (excluding diaryl/α,β-unsaturated/α-hetero) is 3. The summed E-state index contributed by atoms with van der Waals surface area (Å²) in [5, 5.41) is 28.0. The molecule has 2 saturated heterocycles. The molecule has 0 radical (unpaired) electrons. The Morgan fingerprint density at radius 2 is 0.903 bits per heavy atom. The second kappa shape index (κ2) is 39.3. The molecule has 7 aromatic carbocycles. The third kappa shape index (κ3) is 22.6. The van der Waals surface area contributed by atoms with E-state index in [0.717, 1.165) is 48.2 Å². The number of nitrogens with one attached hydrogen (secondary N) is 3. The summed E-state index contributed by atoms with van der Waals surface area (Å²) in [5.74, 6) is -5.25. The SMILES string of the molecule is CC(=O)CCNC(=O)OCC1c2ccccc2-c2ccccc21.CC(=O)O[C@H]1[C@H](Oc2ccc(CO)cc2N)O[C@H](C(C)=O)[C@@H](C)[C@@H]1OC(C)=O.CC(=O)O[C@H]1[C@H](Oc2ccc(COC(=O)Oc3ccc([N+](=O)[O-])cc3)cc2NC(=O)CCNC(=O)OCC2c3ccccc3-c3ccccc32)O[C@H](C(C)=O)[C@@H](C)[C@@H]1OC(C)=O. The first-order chi connectivity index (χ1) is 54.0. The van der Waals surface area contributed by atoms with Gasteiger partial charge < -0.3 is 83.6 Å². The van der Waals surface area contributed by atoms with Crippen molar-refractivity contribution in [2.24, 2.45) is 11.8 Å². The summed E-state index contributed by atoms with van der Waals surface area (Å²) in [6.07, 6.45) is -11.7. The molecule has 0 unspecified atom stereocenters. The number of hydrogen-bond acceptors (Lipinski definition) is 27. The molecule has 2 aliphatic heterocycles. The van der Waals surface area contributed by atoms with Gasteiger partial charge in [0.05, 0.1) is 22.9 Å². The Hall–Kier alpha value is -12.6. The minimum absolute atomic E-state index is 0.00758. The highest BCUT2D eigenvalue weighted by atomic mass is 16.7. The predicted molar refractivity (Wildman–Crippen MR) is 402 cm³/mol. The molecule has 0 bridgehead atoms. The van der Waals surface area contributed by atoms with Crippen molar-refractivity contribution in [3.05, 3.63) is 201 Å². The second-order valence-corrected chi connectivity index (χ2v) is 26.8. The Balaban J connectivity index is 0.000000234. The van der Waals surface area contributed by atoms with Crippen LogP contribution in [-0.2, 0) is 94.2 Å². The van der Waals surface area contributed by atoms with Crippen molar-refractivity contribution in [1.29, 1.82) is 0 Å². The normalized spacial score (nSPS) is 19.5. The number of carbonyl (C=O) groups is 11. The van der Waals surface area contributed by atoms with Crippen LogP contribution in [0.5, 0.6) is 17.2 Å². The van der Waals surface area contributed by atoms with E-state index in [1.807, 2.05) is 72.8 Å². The Kier molecular flexibility index (Phi) is 29.4. The van der Waals surface area contributed by atoms with Gasteiger partial charge in [0.1, 0.15) is 55.1 Å². The largest absolute Gasteiger partial charge is 0.514 e. The zero-order valence-electron chi connectivity index (χ0n) is 63.3. The molecule has 31 nitrogen and oxygen atoms in total. The van der Waals surface area contributed by atoms with Crippen LogP contribution in [0.1, 0.15) is 120 Å². The van der Waals surface area contributed by atoms with Gasteiger partial charge in [-0.15, -0.1) is 0 Å². The molecule has 2 aliphatic carbocycles. The number of esters is 4. The Morgan fingerprint density at radius 3 is 1.31 bits per heavy atom. The summed E-state index contributed by atoms with van der Waals surface area (Å²) < 4.78 is 66.6. The summed E-state index contributed by atoms with van der Waals surface area (Å²) >= 11 is 0. The summed E-state index contributed by atoms with van der Waals surface area (Å²) in [6.45, 7) is 12.1. The monoisotopic (exact) mass is 1560 g/mol. The van der Waals surface area contributed by atoms with Gasteiger partial charge in [-0.25, -0.2) is 14.4 Å². The molecule has 113 heavy (non-hydrogen) atoms. The third-order valence-corrected chi connectivity index (χ3v) is 18.5. The molecule has 2 fully saturated rings. The lowest BCUT2D eigenvalue weighted by Crippen LogP contribution is -2.59. The molecule has 6 N–H and O–H groups in total. The Labute approximate surface area is 649 Å². The first-order valence-electron chi connectivity index (χ1n) is 36.0. The van der Waals surface area contributed by atoms with E-state index in [4.69, 9.17) is 62.6 Å². The van der Waals surface area contributed by atoms with Crippen LogP contribution < -0.4 is 35.9 Å². The van der Waals surface area contributed by atoms with E-state index in [1.165, 1.54) is 99.3 Å². The topological polar surface area (TPSA) is 424 Å². The van der Waals surface area contributed by atoms with Gasteiger partial charge in [0.15, 0.2) is 23.8 Å². The van der Waals surface area contributed by atoms with E-state index in [2.05, 4.69) is 40.2 Å². The summed E-state index contributed by atoms with van der Waals surface area (Å²) in [6, 6.07) is 45.9. The van der Waals surface area contributed by atoms with E-state index in [0.29, 0.717) is 30.7 Å². The number of fused-ring (bicyclic) bond motifs is 6. The fraction of sp³-hybridized carbons (Fsp3) is 0.354. The average Bonchev–Trinajstić information content (AvgIpc) is 1.70. The number of ketones is 3. The fourth-order valence-electron chi connectivity index (χ4n) is 13.4. The van der Waals surface area contributed by atoms with Crippen molar-refractivity contribution >= 4 is 82.5 Å². The number of anilines is 2. The molecule has 2 heterocycles. The number of benzene rings is 7. The highest BCUT2D eigenvalue weighted by Gasteiger charge is 2.52. The molecular formula is C82H87N5O26. The maximum Gasteiger partial charge on any atom is 0.514 e. The van der Waals surface area contributed by atoms with Crippen molar-refractivity contribution < 1.29 is 120 Å². The molecule has 0 spiro atoms. The van der Waals surface area contributed by atoms with Crippen LogP contribution in [0.3, 0.4) is 0 Å². The minimum Gasteiger partial charge on any atom is -0.459 e. The van der Waals surface area contributed by atoms with Crippen molar-refractivity contribution in [2.75, 3.05) is 37.4 Å². The Bertz CT molecular complexity index is 4570. The lowest BCUT2D eigenvalue weighted by atomic mass is 9.88. The van der Waals surface area contributed by atoms with Crippen molar-refractivity contribution in [1.82, 2.24) is 10.6 Å². The van der Waals surface area contributed by atoms with Crippen LogP contribution in [-0.4, -0.2) is 151 Å². The lowest BCUT2D eigenvalue weighted by molar-refractivity contribution is -0.384. The quantitative estimate of drug-likeness (QED) is 0.00839. The lowest BCUT2D eigenvalue weighted by Gasteiger charge is -2.43. The number of nitrogens with two attached hydrogens (primary N) is 1. The van der Waals surface area contributed by atoms with Crippen molar-refractivity contribution in [2.45, 2.75) is 149 Å². The van der Waals surface area contributed by atoms with Gasteiger partial charge in [-0.3, -0.25) is 48.5 Å². The fourth-order valence-corrected chi connectivity index (χ4v) is 13.4. The summed E-state index contributed by atoms with van der Waals surface area (Å²) in [5.41, 5.74) is 15.9. The number of amides is 3. The van der Waals surface area contributed by atoms with Gasteiger partial charge in [-0.1, -0.05) is 123 Å². The highest BCUT2D eigenvalue weighted by molar-refractivity contribution is 5.93. The van der Waals surface area contributed by atoms with Gasteiger partial charge in [0.25, 0.3) is 5.69 Å². The van der Waals surface area contributed by atoms with E-state index in [1.54, 1.807) is 19.9 Å². The highest BCUT2D eigenvalue weighted by Crippen LogP contribution is 2.46. The number of ether oxygens (including phenoxy) is 12. The molecule has 31 heteroatoms. The van der Waals surface area contributed by atoms with Crippen molar-refractivity contribution in [3.63, 3.8) is 0 Å². The predicted octanol–water partition coefficient (Wildman–Crippen LogP) is 10.8. The number of nitrogen functional groups attached to an aromatic ring is 1. The van der Waals surface area contributed by atoms with Gasteiger partial charge in [0, 0.05) is 89.4 Å². The number of rotatable bonds is 26. The number of nitro groups is 1. The molecule has 3 amide bonds. The van der Waals surface area contributed by atoms with Crippen molar-refractivity contribution in [3.8, 4) is 39.5 Å². The summed E-state index contributed by atoms with van der Waals surface area (Å²) in [7, 11) is 0. The molecule has 11 rings (SSSR count). The van der Waals surface area contributed by atoms with Crippen LogP contribution in [0.4, 0.5) is 31.4 Å². The molecule has 10 atom stereocenters. The third-order valence-electron chi connectivity index (χ3n) is 18.5. The first kappa shape index (κ1) is 84.4. The van der Waals surface area contributed by atoms with Gasteiger partial charge in [-0.05, 0) is 113 Å². The van der Waals surface area contributed by atoms with E-state index in [-0.39, 0.29) is 90.5 Å². The molecule has 4 aliphatic rings. The maximum absolute atomic E-state index is 13.4. The standard InChI is InChI=1S/C44H43N3O15.C19H25NO8.C19H19NO3/c1-24-39(25(2)48)62-42(41(59-27(4)50)40(24)58-26(3)49)61-37-18-13-28(22-57-44(53)60-30-16-14-29(15-17-30)47(54)55)21-36(37)46-38(51)19-20-45-43(52)56-23-35-33-11-7-5-9-31(33)32-10-6-8-12-34(32)35;1-9-16(10(2)22)28-19(18(26-12(4)24)17(9)25-11(3)23)27-15-6-5-13(8-21)7-14(15)20;1-13(21)10-11-20-19(22)23-12-18-16-8-4-2-6-14(16)15-7-3-5-9-17(15)18/h5-18,21,24,35,39-42H,19-20,22-23H2,1-4H3,(H,45,52)(H,46,51);5-7,9,16-19,21H,8,20H2,1-4H3;2-9,18H,10-12H2,1H3,(H,20,22)/t24-,39+,40+,41-,42-;9-,16+,17+,18-,19-;/m11./s1. The maximum atomic E-state index is 13.4. The number of alkyl carbamates (subject to hydrolysis) is 2. The van der Waals surface area contributed by atoms with E-state index >= 15 is 0 Å². The average molecular weight is 1560 g/mol. The summed E-state index contributed by atoms with van der Waals surface area (Å²) in [4.78, 5) is 144. The number of aliphatic hydroxyl groups excluding tert-OH is 1. The smallest absolute Gasteiger partial charge is 0.459 e. The zero-order valence-corrected chi connectivity index (χ0v) is 63.3. The van der Waals surface area contributed by atoms with Crippen LogP contribution in [0.25, 0.3) is 22.3 Å². The van der Waals surface area contributed by atoms with Crippen LogP contribution in [0.2, 0.25) is 0 Å². The molecule has 0 saturated carbocycles. The molecule has 0 aromatic heterocycles. The minimum atomic E-state index is -1.53. The van der Waals surface area contributed by atoms with Crippen LogP contribution >= 0.6 is 0 Å². The van der Waals surface area contributed by atoms with Gasteiger partial charge >= 0.3 is 42.2 Å². The first-order valence-corrected chi connectivity index (χ1v) is 36.0.